The monoisotopic (exact) mass is 375 g/mol. The van der Waals surface area contributed by atoms with Crippen LogP contribution in [0.4, 0.5) is 4.79 Å². The average molecular weight is 375 g/mol. The number of aromatic nitrogens is 1. The Labute approximate surface area is 160 Å². The molecule has 0 bridgehead atoms. The van der Waals surface area contributed by atoms with Crippen LogP contribution in [0.25, 0.3) is 10.9 Å². The number of carbonyl (C=O) groups excluding carboxylic acids is 3. The lowest BCUT2D eigenvalue weighted by Gasteiger charge is -2.33. The van der Waals surface area contributed by atoms with Gasteiger partial charge in [-0.05, 0) is 12.1 Å². The highest BCUT2D eigenvalue weighted by Crippen LogP contribution is 2.41. The highest BCUT2D eigenvalue weighted by Gasteiger charge is 2.55. The molecule has 3 amide bonds. The largest absolute Gasteiger partial charge is 0.493 e. The van der Waals surface area contributed by atoms with Gasteiger partial charge in [-0.2, -0.15) is 0 Å². The topological polar surface area (TPSA) is 91.5 Å². The van der Waals surface area contributed by atoms with Gasteiger partial charge in [0.15, 0.2) is 11.3 Å². The van der Waals surface area contributed by atoms with Crippen molar-refractivity contribution in [3.8, 4) is 5.75 Å². The Hall–Kier alpha value is -3.61. The van der Waals surface area contributed by atoms with Crippen LogP contribution in [-0.4, -0.2) is 40.8 Å². The van der Waals surface area contributed by atoms with E-state index in [1.54, 1.807) is 24.4 Å². The number of para-hydroxylation sites is 2. The predicted molar refractivity (Wildman–Crippen MR) is 101 cm³/mol. The van der Waals surface area contributed by atoms with Gasteiger partial charge < -0.3 is 15.0 Å². The maximum absolute atomic E-state index is 13.3. The van der Waals surface area contributed by atoms with Crippen molar-refractivity contribution in [2.45, 2.75) is 12.0 Å². The molecule has 0 aliphatic carbocycles. The van der Waals surface area contributed by atoms with Crippen molar-refractivity contribution < 1.29 is 19.1 Å². The smallest absolute Gasteiger partial charge is 0.325 e. The number of amides is 3. The number of ketones is 1. The van der Waals surface area contributed by atoms with E-state index >= 15 is 0 Å². The Kier molecular flexibility index (Phi) is 3.52. The summed E-state index contributed by atoms with van der Waals surface area (Å²) in [6.07, 6.45) is 1.94. The number of hydrogen-bond donors (Lipinski definition) is 2. The lowest BCUT2D eigenvalue weighted by molar-refractivity contribution is -0.132. The highest BCUT2D eigenvalue weighted by atomic mass is 16.5. The van der Waals surface area contributed by atoms with Gasteiger partial charge in [-0.1, -0.05) is 36.4 Å². The van der Waals surface area contributed by atoms with E-state index in [1.165, 1.54) is 0 Å². The van der Waals surface area contributed by atoms with Gasteiger partial charge in [0.1, 0.15) is 5.75 Å². The van der Waals surface area contributed by atoms with Crippen molar-refractivity contribution in [1.29, 1.82) is 0 Å². The zero-order chi connectivity index (χ0) is 19.3. The maximum atomic E-state index is 13.3. The number of ether oxygens (including phenoxy) is 1. The SMILES string of the molecule is O=C(CN1C(=O)NC2(CCOc3ccccc32)C1=O)c1c[nH]c2ccccc12. The molecule has 2 aliphatic heterocycles. The summed E-state index contributed by atoms with van der Waals surface area (Å²) >= 11 is 0. The third-order valence-corrected chi connectivity index (χ3v) is 5.45. The van der Waals surface area contributed by atoms with Gasteiger partial charge in [0.25, 0.3) is 5.91 Å². The highest BCUT2D eigenvalue weighted by molar-refractivity contribution is 6.14. The zero-order valence-corrected chi connectivity index (χ0v) is 14.9. The Morgan fingerprint density at radius 3 is 2.79 bits per heavy atom. The van der Waals surface area contributed by atoms with Gasteiger partial charge in [0, 0.05) is 34.6 Å². The number of Topliss-reactive ketones (excluding diaryl/α,β-unsaturated/α-hetero) is 1. The van der Waals surface area contributed by atoms with Crippen molar-refractivity contribution in [2.75, 3.05) is 13.2 Å². The van der Waals surface area contributed by atoms with Gasteiger partial charge in [-0.25, -0.2) is 4.79 Å². The Balaban J connectivity index is 1.47. The molecule has 1 saturated heterocycles. The molecule has 3 heterocycles. The summed E-state index contributed by atoms with van der Waals surface area (Å²) in [6.45, 7) is 0.00452. The number of imide groups is 1. The van der Waals surface area contributed by atoms with Crippen LogP contribution in [0, 0.1) is 0 Å². The van der Waals surface area contributed by atoms with Crippen molar-refractivity contribution in [3.63, 3.8) is 0 Å². The summed E-state index contributed by atoms with van der Waals surface area (Å²) in [7, 11) is 0. The molecular weight excluding hydrogens is 358 g/mol. The third-order valence-electron chi connectivity index (χ3n) is 5.45. The molecule has 2 N–H and O–H groups in total. The quantitative estimate of drug-likeness (QED) is 0.544. The molecule has 0 radical (unpaired) electrons. The van der Waals surface area contributed by atoms with Crippen LogP contribution in [0.3, 0.4) is 0 Å². The second-order valence-corrected chi connectivity index (χ2v) is 6.99. The minimum Gasteiger partial charge on any atom is -0.493 e. The summed E-state index contributed by atoms with van der Waals surface area (Å²) in [5.41, 5.74) is 0.746. The number of rotatable bonds is 3. The van der Waals surface area contributed by atoms with E-state index in [2.05, 4.69) is 10.3 Å². The first-order valence-electron chi connectivity index (χ1n) is 9.06. The molecule has 3 aromatic rings. The second-order valence-electron chi connectivity index (χ2n) is 6.99. The second kappa shape index (κ2) is 5.95. The molecule has 1 atom stereocenters. The molecule has 28 heavy (non-hydrogen) atoms. The molecule has 7 nitrogen and oxygen atoms in total. The first-order chi connectivity index (χ1) is 13.6. The minimum atomic E-state index is -1.17. The van der Waals surface area contributed by atoms with Crippen molar-refractivity contribution in [1.82, 2.24) is 15.2 Å². The van der Waals surface area contributed by atoms with Crippen LogP contribution in [0.5, 0.6) is 5.75 Å². The number of nitrogens with one attached hydrogen (secondary N) is 2. The van der Waals surface area contributed by atoms with Crippen LogP contribution in [0.2, 0.25) is 0 Å². The molecular formula is C21H17N3O4. The van der Waals surface area contributed by atoms with Crippen molar-refractivity contribution >= 4 is 28.6 Å². The van der Waals surface area contributed by atoms with E-state index < -0.39 is 17.5 Å². The Bertz CT molecular complexity index is 1140. The lowest BCUT2D eigenvalue weighted by atomic mass is 9.84. The van der Waals surface area contributed by atoms with E-state index in [9.17, 15) is 14.4 Å². The average Bonchev–Trinajstić information content (AvgIpc) is 3.24. The maximum Gasteiger partial charge on any atom is 0.325 e. The zero-order valence-electron chi connectivity index (χ0n) is 14.9. The van der Waals surface area contributed by atoms with Gasteiger partial charge in [-0.15, -0.1) is 0 Å². The number of benzene rings is 2. The summed E-state index contributed by atoms with van der Waals surface area (Å²) in [5, 5.41) is 3.58. The molecule has 0 saturated carbocycles. The van der Waals surface area contributed by atoms with Crippen LogP contribution >= 0.6 is 0 Å². The molecule has 2 aliphatic rings. The summed E-state index contributed by atoms with van der Waals surface area (Å²) in [5.74, 6) is -0.132. The number of hydrogen-bond acceptors (Lipinski definition) is 4. The van der Waals surface area contributed by atoms with Gasteiger partial charge in [0.2, 0.25) is 0 Å². The molecule has 1 unspecified atom stereocenters. The number of H-pyrrole nitrogens is 1. The Morgan fingerprint density at radius 1 is 1.11 bits per heavy atom. The van der Waals surface area contributed by atoms with Crippen LogP contribution < -0.4 is 10.1 Å². The van der Waals surface area contributed by atoms with Gasteiger partial charge in [-0.3, -0.25) is 14.5 Å². The minimum absolute atomic E-state index is 0.293. The van der Waals surface area contributed by atoms with Crippen LogP contribution in [-0.2, 0) is 10.3 Å². The summed E-state index contributed by atoms with van der Waals surface area (Å²) < 4.78 is 5.62. The normalized spacial score (nSPS) is 20.9. The molecule has 1 spiro atoms. The predicted octanol–water partition coefficient (Wildman–Crippen LogP) is 2.58. The first kappa shape index (κ1) is 16.6. The van der Waals surface area contributed by atoms with Crippen LogP contribution in [0.15, 0.2) is 54.7 Å². The molecule has 1 fully saturated rings. The number of urea groups is 1. The first-order valence-corrected chi connectivity index (χ1v) is 9.06. The molecule has 7 heteroatoms. The fourth-order valence-corrected chi connectivity index (χ4v) is 4.05. The fraction of sp³-hybridized carbons (Fsp3) is 0.190. The van der Waals surface area contributed by atoms with E-state index in [1.807, 2.05) is 30.3 Å². The fourth-order valence-electron chi connectivity index (χ4n) is 4.05. The van der Waals surface area contributed by atoms with Gasteiger partial charge in [0.05, 0.1) is 13.2 Å². The van der Waals surface area contributed by atoms with Gasteiger partial charge >= 0.3 is 6.03 Å². The summed E-state index contributed by atoms with van der Waals surface area (Å²) in [4.78, 5) is 42.8. The van der Waals surface area contributed by atoms with Crippen molar-refractivity contribution in [2.24, 2.45) is 0 Å². The van der Waals surface area contributed by atoms with Crippen LogP contribution in [0.1, 0.15) is 22.3 Å². The molecule has 140 valence electrons. The van der Waals surface area contributed by atoms with E-state index in [-0.39, 0.29) is 12.3 Å². The Morgan fingerprint density at radius 2 is 1.89 bits per heavy atom. The van der Waals surface area contributed by atoms with Crippen molar-refractivity contribution in [3.05, 3.63) is 65.9 Å². The number of nitrogens with zero attached hydrogens (tertiary/aromatic N) is 1. The van der Waals surface area contributed by atoms with E-state index in [0.717, 1.165) is 15.8 Å². The number of carbonyl (C=O) groups is 3. The third kappa shape index (κ3) is 2.26. The van der Waals surface area contributed by atoms with E-state index in [4.69, 9.17) is 4.74 Å². The molecule has 5 rings (SSSR count). The standard InChI is InChI=1S/C21H17N3O4/c25-17(14-11-22-16-7-3-1-5-13(14)16)12-24-19(26)21(23-20(24)27)9-10-28-18-8-4-2-6-15(18)21/h1-8,11,22H,9-10,12H2,(H,23,27). The number of fused-ring (bicyclic) bond motifs is 3. The van der Waals surface area contributed by atoms with E-state index in [0.29, 0.717) is 29.9 Å². The lowest BCUT2D eigenvalue weighted by Crippen LogP contribution is -2.47. The number of aromatic amines is 1. The summed E-state index contributed by atoms with van der Waals surface area (Å²) in [6, 6.07) is 14.0. The molecule has 2 aromatic carbocycles. The molecule has 1 aromatic heterocycles.